The number of thioether (sulfide) groups is 1. The maximum atomic E-state index is 12.5. The quantitative estimate of drug-likeness (QED) is 0.926. The maximum absolute atomic E-state index is 12.5. The number of amides is 1. The van der Waals surface area contributed by atoms with Gasteiger partial charge in [0.15, 0.2) is 0 Å². The Morgan fingerprint density at radius 2 is 2.27 bits per heavy atom. The largest absolute Gasteiger partial charge is 0.506 e. The fourth-order valence-electron chi connectivity index (χ4n) is 3.17. The van der Waals surface area contributed by atoms with Crippen molar-refractivity contribution in [3.05, 3.63) is 23.8 Å². The van der Waals surface area contributed by atoms with E-state index >= 15 is 0 Å². The number of benzene rings is 1. The number of carbonyl (C=O) groups excluding carboxylic acids is 1. The number of para-hydroxylation sites is 1. The van der Waals surface area contributed by atoms with Crippen molar-refractivity contribution in [2.75, 3.05) is 29.6 Å². The predicted molar refractivity (Wildman–Crippen MR) is 89.7 cm³/mol. The molecule has 2 aliphatic heterocycles. The monoisotopic (exact) mass is 321 g/mol. The second-order valence-electron chi connectivity index (χ2n) is 5.94. The fraction of sp³-hybridized carbons (Fsp3) is 0.588. The van der Waals surface area contributed by atoms with Crippen LogP contribution in [0, 0.1) is 0 Å². The minimum absolute atomic E-state index is 0.0864. The van der Waals surface area contributed by atoms with Gasteiger partial charge in [0.25, 0.3) is 0 Å². The molecule has 2 aliphatic rings. The zero-order chi connectivity index (χ0) is 15.4. The average molecular weight is 321 g/mol. The van der Waals surface area contributed by atoms with Crippen LogP contribution in [0.3, 0.4) is 0 Å². The molecular formula is C17H23NO3S. The standard InChI is InChI=1S/C17H23NO3S/c19-15-8-3-5-13-6-4-9-18(17(13)15)16(20)12-22-11-14-7-1-2-10-21-14/h3,5,8,14,19H,1-2,4,6-7,9-12H2/t14-/m1/s1. The van der Waals surface area contributed by atoms with E-state index in [9.17, 15) is 9.90 Å². The van der Waals surface area contributed by atoms with Crippen LogP contribution in [-0.2, 0) is 16.0 Å². The summed E-state index contributed by atoms with van der Waals surface area (Å²) in [5.74, 6) is 1.63. The lowest BCUT2D eigenvalue weighted by Crippen LogP contribution is -2.37. The van der Waals surface area contributed by atoms with E-state index in [0.717, 1.165) is 43.6 Å². The summed E-state index contributed by atoms with van der Waals surface area (Å²) in [4.78, 5) is 14.3. The van der Waals surface area contributed by atoms with Gasteiger partial charge in [0.1, 0.15) is 5.75 Å². The number of anilines is 1. The first-order chi connectivity index (χ1) is 10.8. The molecule has 0 unspecified atom stereocenters. The molecule has 0 bridgehead atoms. The van der Waals surface area contributed by atoms with E-state index in [-0.39, 0.29) is 11.7 Å². The number of nitrogens with zero attached hydrogens (tertiary/aromatic N) is 1. The van der Waals surface area contributed by atoms with Gasteiger partial charge in [-0.25, -0.2) is 0 Å². The number of phenols is 1. The van der Waals surface area contributed by atoms with E-state index in [2.05, 4.69) is 0 Å². The number of fused-ring (bicyclic) bond motifs is 1. The van der Waals surface area contributed by atoms with Crippen LogP contribution in [0.25, 0.3) is 0 Å². The van der Waals surface area contributed by atoms with Gasteiger partial charge in [0.2, 0.25) is 5.91 Å². The summed E-state index contributed by atoms with van der Waals surface area (Å²) < 4.78 is 5.69. The molecule has 1 atom stereocenters. The second-order valence-corrected chi connectivity index (χ2v) is 6.97. The number of aromatic hydroxyl groups is 1. The molecule has 0 aromatic heterocycles. The van der Waals surface area contributed by atoms with E-state index in [0.29, 0.717) is 24.1 Å². The number of phenolic OH excluding ortho intramolecular Hbond substituents is 1. The Balaban J connectivity index is 1.57. The lowest BCUT2D eigenvalue weighted by Gasteiger charge is -2.30. The van der Waals surface area contributed by atoms with Crippen LogP contribution in [0.2, 0.25) is 0 Å². The Morgan fingerprint density at radius 3 is 3.09 bits per heavy atom. The number of ether oxygens (including phenoxy) is 1. The topological polar surface area (TPSA) is 49.8 Å². The van der Waals surface area contributed by atoms with Crippen LogP contribution in [0.1, 0.15) is 31.2 Å². The molecule has 1 N–H and O–H groups in total. The number of hydrogen-bond donors (Lipinski definition) is 1. The minimum atomic E-state index is 0.0864. The summed E-state index contributed by atoms with van der Waals surface area (Å²) >= 11 is 1.64. The van der Waals surface area contributed by atoms with Gasteiger partial charge in [-0.2, -0.15) is 0 Å². The number of rotatable bonds is 4. The molecule has 0 aliphatic carbocycles. The van der Waals surface area contributed by atoms with Gasteiger partial charge in [-0.1, -0.05) is 12.1 Å². The molecule has 2 heterocycles. The van der Waals surface area contributed by atoms with Crippen molar-refractivity contribution in [3.63, 3.8) is 0 Å². The average Bonchev–Trinajstić information content (AvgIpc) is 2.55. The Bertz CT molecular complexity index is 529. The van der Waals surface area contributed by atoms with Crippen LogP contribution in [-0.4, -0.2) is 41.8 Å². The molecule has 0 radical (unpaired) electrons. The van der Waals surface area contributed by atoms with Crippen LogP contribution in [0.4, 0.5) is 5.69 Å². The molecule has 4 nitrogen and oxygen atoms in total. The third-order valence-electron chi connectivity index (χ3n) is 4.30. The van der Waals surface area contributed by atoms with Crippen molar-refractivity contribution in [2.24, 2.45) is 0 Å². The van der Waals surface area contributed by atoms with Crippen molar-refractivity contribution in [1.29, 1.82) is 0 Å². The maximum Gasteiger partial charge on any atom is 0.237 e. The van der Waals surface area contributed by atoms with Crippen molar-refractivity contribution < 1.29 is 14.6 Å². The SMILES string of the molecule is O=C(CSC[C@H]1CCCCO1)N1CCCc2cccc(O)c21. The highest BCUT2D eigenvalue weighted by Crippen LogP contribution is 2.35. The highest BCUT2D eigenvalue weighted by molar-refractivity contribution is 8.00. The van der Waals surface area contributed by atoms with Crippen LogP contribution in [0.5, 0.6) is 5.75 Å². The summed E-state index contributed by atoms with van der Waals surface area (Å²) in [6.07, 6.45) is 5.67. The third kappa shape index (κ3) is 3.58. The fourth-order valence-corrected chi connectivity index (χ4v) is 4.15. The highest BCUT2D eigenvalue weighted by atomic mass is 32.2. The van der Waals surface area contributed by atoms with Crippen LogP contribution < -0.4 is 4.90 Å². The first kappa shape index (κ1) is 15.7. The van der Waals surface area contributed by atoms with E-state index in [1.807, 2.05) is 12.1 Å². The molecule has 1 aromatic carbocycles. The summed E-state index contributed by atoms with van der Waals surface area (Å²) in [6.45, 7) is 1.55. The summed E-state index contributed by atoms with van der Waals surface area (Å²) in [7, 11) is 0. The number of aryl methyl sites for hydroxylation is 1. The van der Waals surface area contributed by atoms with E-state index in [4.69, 9.17) is 4.74 Å². The molecule has 0 saturated carbocycles. The van der Waals surface area contributed by atoms with E-state index < -0.39 is 0 Å². The van der Waals surface area contributed by atoms with Gasteiger partial charge in [-0.15, -0.1) is 11.8 Å². The molecule has 1 fully saturated rings. The van der Waals surface area contributed by atoms with Crippen molar-refractivity contribution in [2.45, 2.75) is 38.2 Å². The van der Waals surface area contributed by atoms with Gasteiger partial charge in [-0.05, 0) is 43.7 Å². The van der Waals surface area contributed by atoms with Crippen LogP contribution in [0.15, 0.2) is 18.2 Å². The first-order valence-electron chi connectivity index (χ1n) is 8.06. The van der Waals surface area contributed by atoms with Gasteiger partial charge in [0.05, 0.1) is 17.5 Å². The summed E-state index contributed by atoms with van der Waals surface area (Å²) in [5.41, 5.74) is 1.79. The number of carbonyl (C=O) groups is 1. The lowest BCUT2D eigenvalue weighted by atomic mass is 10.0. The zero-order valence-electron chi connectivity index (χ0n) is 12.8. The van der Waals surface area contributed by atoms with Crippen molar-refractivity contribution >= 4 is 23.4 Å². The Labute approximate surface area is 135 Å². The molecule has 5 heteroatoms. The van der Waals surface area contributed by atoms with E-state index in [1.165, 1.54) is 6.42 Å². The molecule has 22 heavy (non-hydrogen) atoms. The van der Waals surface area contributed by atoms with E-state index in [1.54, 1.807) is 22.7 Å². The minimum Gasteiger partial charge on any atom is -0.506 e. The molecule has 1 amide bonds. The predicted octanol–water partition coefficient (Wildman–Crippen LogP) is 2.97. The van der Waals surface area contributed by atoms with Crippen LogP contribution >= 0.6 is 11.8 Å². The molecule has 120 valence electrons. The Morgan fingerprint density at radius 1 is 1.36 bits per heavy atom. The lowest BCUT2D eigenvalue weighted by molar-refractivity contribution is -0.116. The van der Waals surface area contributed by atoms with Gasteiger partial charge >= 0.3 is 0 Å². The molecular weight excluding hydrogens is 298 g/mol. The summed E-state index contributed by atoms with van der Waals surface area (Å²) in [5, 5.41) is 10.1. The van der Waals surface area contributed by atoms with Gasteiger partial charge in [-0.3, -0.25) is 4.79 Å². The zero-order valence-corrected chi connectivity index (χ0v) is 13.6. The first-order valence-corrected chi connectivity index (χ1v) is 9.22. The molecule has 0 spiro atoms. The highest BCUT2D eigenvalue weighted by Gasteiger charge is 2.25. The van der Waals surface area contributed by atoms with Crippen molar-refractivity contribution in [3.8, 4) is 5.75 Å². The molecule has 3 rings (SSSR count). The smallest absolute Gasteiger partial charge is 0.237 e. The third-order valence-corrected chi connectivity index (χ3v) is 5.36. The Hall–Kier alpha value is -1.20. The summed E-state index contributed by atoms with van der Waals surface area (Å²) in [6, 6.07) is 5.50. The molecule has 1 saturated heterocycles. The Kier molecular flexibility index (Phi) is 5.26. The van der Waals surface area contributed by atoms with Crippen molar-refractivity contribution in [1.82, 2.24) is 0 Å². The van der Waals surface area contributed by atoms with Gasteiger partial charge < -0.3 is 14.7 Å². The van der Waals surface area contributed by atoms with Gasteiger partial charge in [0, 0.05) is 18.9 Å². The number of hydrogen-bond acceptors (Lipinski definition) is 4. The normalized spacial score (nSPS) is 21.5. The second kappa shape index (κ2) is 7.38. The molecule has 1 aromatic rings.